The van der Waals surface area contributed by atoms with E-state index in [1.807, 2.05) is 12.3 Å². The van der Waals surface area contributed by atoms with Crippen LogP contribution in [0.5, 0.6) is 0 Å². The minimum Gasteiger partial charge on any atom is -0.357 e. The molecule has 0 saturated heterocycles. The maximum absolute atomic E-state index is 4.67. The molecule has 1 aromatic heterocycles. The van der Waals surface area contributed by atoms with Gasteiger partial charge in [-0.1, -0.05) is 32.8 Å². The smallest absolute Gasteiger partial charge is 0.191 e. The molecule has 0 aliphatic rings. The van der Waals surface area contributed by atoms with E-state index in [9.17, 15) is 0 Å². The van der Waals surface area contributed by atoms with Gasteiger partial charge in [-0.25, -0.2) is 0 Å². The number of aliphatic imine (C=N–C) groups is 1. The molecule has 0 aliphatic carbocycles. The molecule has 2 N–H and O–H groups in total. The van der Waals surface area contributed by atoms with Gasteiger partial charge >= 0.3 is 0 Å². The van der Waals surface area contributed by atoms with Gasteiger partial charge in [-0.05, 0) is 30.9 Å². The Morgan fingerprint density at radius 2 is 2.05 bits per heavy atom. The molecule has 0 aliphatic heterocycles. The molecule has 0 spiro atoms. The highest BCUT2D eigenvalue weighted by molar-refractivity contribution is 5.79. The highest BCUT2D eigenvalue weighted by Crippen LogP contribution is 2.07. The van der Waals surface area contributed by atoms with Crippen molar-refractivity contribution >= 4 is 5.96 Å². The van der Waals surface area contributed by atoms with Crippen LogP contribution in [0.4, 0.5) is 0 Å². The van der Waals surface area contributed by atoms with Gasteiger partial charge in [0.25, 0.3) is 0 Å². The molecule has 112 valence electrons. The summed E-state index contributed by atoms with van der Waals surface area (Å²) < 4.78 is 0. The fourth-order valence-electron chi connectivity index (χ4n) is 1.98. The molecule has 0 atom stereocenters. The van der Waals surface area contributed by atoms with Crippen LogP contribution in [0.15, 0.2) is 29.5 Å². The third-order valence-electron chi connectivity index (χ3n) is 3.44. The Hall–Kier alpha value is -1.58. The first-order valence-electron chi connectivity index (χ1n) is 7.71. The van der Waals surface area contributed by atoms with Crippen molar-refractivity contribution in [2.45, 2.75) is 40.0 Å². The van der Waals surface area contributed by atoms with Gasteiger partial charge in [-0.15, -0.1) is 0 Å². The maximum atomic E-state index is 4.67. The number of rotatable bonds is 8. The van der Waals surface area contributed by atoms with Crippen LogP contribution in [-0.2, 0) is 6.42 Å². The molecule has 0 aromatic carbocycles. The second-order valence-corrected chi connectivity index (χ2v) is 4.94. The van der Waals surface area contributed by atoms with Crippen molar-refractivity contribution in [3.63, 3.8) is 0 Å². The van der Waals surface area contributed by atoms with E-state index in [0.29, 0.717) is 5.92 Å². The number of nitrogens with one attached hydrogen (secondary N) is 2. The SMILES string of the molecule is CCNC(=NCC(CC)CC)NCCc1cccnc1. The lowest BCUT2D eigenvalue weighted by Crippen LogP contribution is -2.38. The van der Waals surface area contributed by atoms with E-state index >= 15 is 0 Å². The third kappa shape index (κ3) is 6.55. The summed E-state index contributed by atoms with van der Waals surface area (Å²) in [6.45, 7) is 9.21. The second kappa shape index (κ2) is 10.2. The number of nitrogens with zero attached hydrogens (tertiary/aromatic N) is 2. The van der Waals surface area contributed by atoms with Crippen LogP contribution in [0, 0.1) is 5.92 Å². The monoisotopic (exact) mass is 276 g/mol. The predicted octanol–water partition coefficient (Wildman–Crippen LogP) is 2.62. The fourth-order valence-corrected chi connectivity index (χ4v) is 1.98. The zero-order valence-electron chi connectivity index (χ0n) is 13.0. The topological polar surface area (TPSA) is 49.3 Å². The van der Waals surface area contributed by atoms with Crippen LogP contribution in [0.3, 0.4) is 0 Å². The Kier molecular flexibility index (Phi) is 8.43. The zero-order chi connectivity index (χ0) is 14.6. The summed E-state index contributed by atoms with van der Waals surface area (Å²) in [5, 5.41) is 6.68. The first-order chi connectivity index (χ1) is 9.80. The third-order valence-corrected chi connectivity index (χ3v) is 3.44. The van der Waals surface area contributed by atoms with Gasteiger partial charge in [-0.3, -0.25) is 9.98 Å². The largest absolute Gasteiger partial charge is 0.357 e. The summed E-state index contributed by atoms with van der Waals surface area (Å²) >= 11 is 0. The lowest BCUT2D eigenvalue weighted by Gasteiger charge is -2.13. The van der Waals surface area contributed by atoms with Gasteiger partial charge in [0, 0.05) is 32.0 Å². The lowest BCUT2D eigenvalue weighted by atomic mass is 10.0. The van der Waals surface area contributed by atoms with Crippen LogP contribution in [0.2, 0.25) is 0 Å². The number of guanidine groups is 1. The van der Waals surface area contributed by atoms with E-state index in [4.69, 9.17) is 0 Å². The molecule has 1 aromatic rings. The molecular formula is C16H28N4. The van der Waals surface area contributed by atoms with Crippen LogP contribution >= 0.6 is 0 Å². The maximum Gasteiger partial charge on any atom is 0.191 e. The molecule has 0 unspecified atom stereocenters. The quantitative estimate of drug-likeness (QED) is 0.567. The summed E-state index contributed by atoms with van der Waals surface area (Å²) in [4.78, 5) is 8.79. The standard InChI is InChI=1S/C16H28N4/c1-4-14(5-2)13-20-16(18-6-3)19-11-9-15-8-7-10-17-12-15/h7-8,10,12,14H,4-6,9,11,13H2,1-3H3,(H2,18,19,20). The highest BCUT2D eigenvalue weighted by atomic mass is 15.2. The van der Waals surface area contributed by atoms with Crippen molar-refractivity contribution in [1.29, 1.82) is 0 Å². The normalized spacial score (nSPS) is 11.7. The lowest BCUT2D eigenvalue weighted by molar-refractivity contribution is 0.504. The van der Waals surface area contributed by atoms with Crippen LogP contribution < -0.4 is 10.6 Å². The summed E-state index contributed by atoms with van der Waals surface area (Å²) in [5.74, 6) is 1.60. The molecule has 1 heterocycles. The van der Waals surface area contributed by atoms with Crippen molar-refractivity contribution in [3.8, 4) is 0 Å². The van der Waals surface area contributed by atoms with Gasteiger partial charge in [0.1, 0.15) is 0 Å². The average Bonchev–Trinajstić information content (AvgIpc) is 2.49. The van der Waals surface area contributed by atoms with Gasteiger partial charge in [0.2, 0.25) is 0 Å². The molecule has 0 amide bonds. The van der Waals surface area contributed by atoms with Crippen LogP contribution in [0.1, 0.15) is 39.2 Å². The van der Waals surface area contributed by atoms with Crippen molar-refractivity contribution in [3.05, 3.63) is 30.1 Å². The van der Waals surface area contributed by atoms with Crippen molar-refractivity contribution in [2.75, 3.05) is 19.6 Å². The highest BCUT2D eigenvalue weighted by Gasteiger charge is 2.03. The fraction of sp³-hybridized carbons (Fsp3) is 0.625. The number of hydrogen-bond donors (Lipinski definition) is 2. The molecule has 4 nitrogen and oxygen atoms in total. The summed E-state index contributed by atoms with van der Waals surface area (Å²) in [6.07, 6.45) is 7.06. The number of pyridine rings is 1. The molecule has 20 heavy (non-hydrogen) atoms. The molecular weight excluding hydrogens is 248 g/mol. The Bertz CT molecular complexity index is 371. The van der Waals surface area contributed by atoms with Crippen molar-refractivity contribution in [2.24, 2.45) is 10.9 Å². The first-order valence-corrected chi connectivity index (χ1v) is 7.71. The Morgan fingerprint density at radius 1 is 1.25 bits per heavy atom. The van der Waals surface area contributed by atoms with Gasteiger partial charge < -0.3 is 10.6 Å². The number of aromatic nitrogens is 1. The summed E-state index contributed by atoms with van der Waals surface area (Å²) in [5.41, 5.74) is 1.25. The molecule has 1 rings (SSSR count). The molecule has 0 bridgehead atoms. The molecule has 0 radical (unpaired) electrons. The number of hydrogen-bond acceptors (Lipinski definition) is 2. The predicted molar refractivity (Wildman–Crippen MR) is 86.0 cm³/mol. The second-order valence-electron chi connectivity index (χ2n) is 4.94. The average molecular weight is 276 g/mol. The van der Waals surface area contributed by atoms with Gasteiger partial charge in [0.15, 0.2) is 5.96 Å². The minimum absolute atomic E-state index is 0.684. The first kappa shape index (κ1) is 16.5. The summed E-state index contributed by atoms with van der Waals surface area (Å²) in [7, 11) is 0. The van der Waals surface area contributed by atoms with E-state index in [0.717, 1.165) is 32.0 Å². The Labute approximate surface area is 123 Å². The molecule has 0 saturated carbocycles. The van der Waals surface area contributed by atoms with Crippen molar-refractivity contribution < 1.29 is 0 Å². The van der Waals surface area contributed by atoms with E-state index in [1.165, 1.54) is 18.4 Å². The van der Waals surface area contributed by atoms with Gasteiger partial charge in [0.05, 0.1) is 0 Å². The van der Waals surface area contributed by atoms with Gasteiger partial charge in [-0.2, -0.15) is 0 Å². The summed E-state index contributed by atoms with van der Waals surface area (Å²) in [6, 6.07) is 4.07. The zero-order valence-corrected chi connectivity index (χ0v) is 13.0. The minimum atomic E-state index is 0.684. The van der Waals surface area contributed by atoms with Crippen LogP contribution in [-0.4, -0.2) is 30.6 Å². The van der Waals surface area contributed by atoms with Crippen molar-refractivity contribution in [1.82, 2.24) is 15.6 Å². The van der Waals surface area contributed by atoms with E-state index in [-0.39, 0.29) is 0 Å². The van der Waals surface area contributed by atoms with E-state index < -0.39 is 0 Å². The molecule has 0 fully saturated rings. The Morgan fingerprint density at radius 3 is 2.65 bits per heavy atom. The van der Waals surface area contributed by atoms with E-state index in [2.05, 4.69) is 47.4 Å². The van der Waals surface area contributed by atoms with Crippen LogP contribution in [0.25, 0.3) is 0 Å². The molecule has 4 heteroatoms. The Balaban J connectivity index is 2.40. The van der Waals surface area contributed by atoms with E-state index in [1.54, 1.807) is 6.20 Å².